The molecule has 0 atom stereocenters. The van der Waals surface area contributed by atoms with Gasteiger partial charge in [-0.3, -0.25) is 0 Å². The number of aromatic nitrogens is 1. The molecule has 2 aromatic rings. The lowest BCUT2D eigenvalue weighted by Crippen LogP contribution is -2.36. The van der Waals surface area contributed by atoms with E-state index in [1.807, 2.05) is 58.2 Å². The Labute approximate surface area is 194 Å². The predicted molar refractivity (Wildman–Crippen MR) is 131 cm³/mol. The first-order valence-corrected chi connectivity index (χ1v) is 11.8. The van der Waals surface area contributed by atoms with Crippen LogP contribution in [-0.4, -0.2) is 31.9 Å². The lowest BCUT2D eigenvalue weighted by molar-refractivity contribution is 0.569. The van der Waals surface area contributed by atoms with Crippen molar-refractivity contribution in [2.45, 2.75) is 52.6 Å². The summed E-state index contributed by atoms with van der Waals surface area (Å²) in [5.41, 5.74) is 1.64. The molecule has 1 heterocycles. The Balaban J connectivity index is 0.00000420. The van der Waals surface area contributed by atoms with Crippen molar-refractivity contribution < 1.29 is 8.42 Å². The summed E-state index contributed by atoms with van der Waals surface area (Å²) in [5.74, 6) is 0.618. The van der Waals surface area contributed by atoms with Gasteiger partial charge in [0.1, 0.15) is 5.01 Å². The van der Waals surface area contributed by atoms with E-state index >= 15 is 0 Å². The van der Waals surface area contributed by atoms with Crippen LogP contribution in [-0.2, 0) is 28.9 Å². The molecule has 3 N–H and O–H groups in total. The minimum atomic E-state index is -3.39. The molecule has 0 spiro atoms. The first kappa shape index (κ1) is 25.8. The summed E-state index contributed by atoms with van der Waals surface area (Å²) in [5, 5.41) is 7.47. The van der Waals surface area contributed by atoms with E-state index in [2.05, 4.69) is 25.3 Å². The summed E-state index contributed by atoms with van der Waals surface area (Å²) < 4.78 is 27.2. The van der Waals surface area contributed by atoms with Gasteiger partial charge in [0.15, 0.2) is 5.96 Å². The Bertz CT molecular complexity index is 898. The molecule has 0 aliphatic carbocycles. The second kappa shape index (κ2) is 12.5. The van der Waals surface area contributed by atoms with Crippen molar-refractivity contribution in [1.29, 1.82) is 0 Å². The molecule has 0 radical (unpaired) electrons. The van der Waals surface area contributed by atoms with Gasteiger partial charge in [-0.2, -0.15) is 0 Å². The second-order valence-corrected chi connectivity index (χ2v) is 9.79. The molecule has 0 unspecified atom stereocenters. The van der Waals surface area contributed by atoms with Gasteiger partial charge in [0.05, 0.1) is 18.8 Å². The molecule has 0 aliphatic heterocycles. The van der Waals surface area contributed by atoms with Gasteiger partial charge in [-0.1, -0.05) is 24.3 Å². The van der Waals surface area contributed by atoms with Crippen LogP contribution in [0.1, 0.15) is 41.8 Å². The van der Waals surface area contributed by atoms with Crippen LogP contribution in [0.3, 0.4) is 0 Å². The maximum atomic E-state index is 12.3. The van der Waals surface area contributed by atoms with Gasteiger partial charge >= 0.3 is 0 Å². The Hall–Kier alpha value is -1.24. The number of aliphatic imine (C=N–C) groups is 1. The summed E-state index contributed by atoms with van der Waals surface area (Å²) in [7, 11) is -3.39. The fraction of sp³-hybridized carbons (Fsp3) is 0.474. The molecule has 7 nitrogen and oxygen atoms in total. The average Bonchev–Trinajstić information content (AvgIpc) is 3.02. The fourth-order valence-electron chi connectivity index (χ4n) is 2.61. The number of nitrogens with zero attached hydrogens (tertiary/aromatic N) is 2. The van der Waals surface area contributed by atoms with E-state index in [-0.39, 0.29) is 35.8 Å². The maximum Gasteiger partial charge on any atom is 0.216 e. The standard InChI is InChI=1S/C19H29N5O2S2.HI/c1-5-20-19(23-12-18-21-10-15(4)27-18)22-11-16-8-6-7-9-17(16)13-28(25,26)24-14(2)3;/h6-10,14,24H,5,11-13H2,1-4H3,(H2,20,22,23);1H. The molecule has 2 rings (SSSR count). The quantitative estimate of drug-likeness (QED) is 0.253. The monoisotopic (exact) mass is 551 g/mol. The number of nitrogens with one attached hydrogen (secondary N) is 3. The van der Waals surface area contributed by atoms with Crippen LogP contribution in [0, 0.1) is 6.92 Å². The number of rotatable bonds is 9. The minimum Gasteiger partial charge on any atom is -0.357 e. The normalized spacial score (nSPS) is 12.0. The lowest BCUT2D eigenvalue weighted by Gasteiger charge is -2.13. The molecule has 0 amide bonds. The van der Waals surface area contributed by atoms with Gasteiger partial charge in [-0.15, -0.1) is 35.3 Å². The van der Waals surface area contributed by atoms with Crippen molar-refractivity contribution >= 4 is 51.3 Å². The maximum absolute atomic E-state index is 12.3. The number of sulfonamides is 1. The Kier molecular flexibility index (Phi) is 11.1. The van der Waals surface area contributed by atoms with Gasteiger partial charge in [-0.25, -0.2) is 23.1 Å². The summed E-state index contributed by atoms with van der Waals surface area (Å²) in [6.45, 7) is 9.37. The number of hydrogen-bond donors (Lipinski definition) is 3. The van der Waals surface area contributed by atoms with Crippen molar-refractivity contribution in [2.75, 3.05) is 6.54 Å². The largest absolute Gasteiger partial charge is 0.357 e. The molecule has 0 saturated heterocycles. The zero-order chi connectivity index (χ0) is 20.6. The number of thiazole rings is 1. The Morgan fingerprint density at radius 3 is 2.48 bits per heavy atom. The van der Waals surface area contributed by atoms with E-state index < -0.39 is 10.0 Å². The lowest BCUT2D eigenvalue weighted by atomic mass is 10.1. The first-order chi connectivity index (χ1) is 13.3. The smallest absolute Gasteiger partial charge is 0.216 e. The molecular formula is C19H30IN5O2S2. The fourth-order valence-corrected chi connectivity index (χ4v) is 4.83. The first-order valence-electron chi connectivity index (χ1n) is 9.29. The topological polar surface area (TPSA) is 95.5 Å². The highest BCUT2D eigenvalue weighted by Gasteiger charge is 2.15. The predicted octanol–water partition coefficient (Wildman–Crippen LogP) is 3.15. The molecule has 0 fully saturated rings. The number of benzene rings is 1. The number of halogens is 1. The molecule has 162 valence electrons. The van der Waals surface area contributed by atoms with Gasteiger partial charge in [-0.05, 0) is 38.8 Å². The molecule has 0 bridgehead atoms. The molecule has 0 aliphatic rings. The number of hydrogen-bond acceptors (Lipinski definition) is 5. The van der Waals surface area contributed by atoms with Crippen LogP contribution in [0.15, 0.2) is 35.5 Å². The molecular weight excluding hydrogens is 521 g/mol. The van der Waals surface area contributed by atoms with Crippen molar-refractivity contribution in [3.05, 3.63) is 51.5 Å². The van der Waals surface area contributed by atoms with Crippen LogP contribution in [0.25, 0.3) is 0 Å². The minimum absolute atomic E-state index is 0. The summed E-state index contributed by atoms with van der Waals surface area (Å²) in [6.07, 6.45) is 1.85. The average molecular weight is 552 g/mol. The second-order valence-electron chi connectivity index (χ2n) is 6.71. The van der Waals surface area contributed by atoms with Crippen molar-refractivity contribution in [3.63, 3.8) is 0 Å². The van der Waals surface area contributed by atoms with E-state index in [1.165, 1.54) is 4.88 Å². The van der Waals surface area contributed by atoms with Gasteiger partial charge < -0.3 is 10.6 Å². The SMILES string of the molecule is CCNC(=NCc1ccccc1CS(=O)(=O)NC(C)C)NCc1ncc(C)s1.I. The van der Waals surface area contributed by atoms with E-state index in [4.69, 9.17) is 0 Å². The highest BCUT2D eigenvalue weighted by atomic mass is 127. The molecule has 1 aromatic carbocycles. The van der Waals surface area contributed by atoms with Crippen LogP contribution >= 0.6 is 35.3 Å². The van der Waals surface area contributed by atoms with Crippen LogP contribution in [0.4, 0.5) is 0 Å². The van der Waals surface area contributed by atoms with Crippen molar-refractivity contribution in [3.8, 4) is 0 Å². The van der Waals surface area contributed by atoms with Crippen molar-refractivity contribution in [2.24, 2.45) is 4.99 Å². The van der Waals surface area contributed by atoms with Gasteiger partial charge in [0.2, 0.25) is 10.0 Å². The van der Waals surface area contributed by atoms with E-state index in [1.54, 1.807) is 11.3 Å². The Morgan fingerprint density at radius 1 is 1.21 bits per heavy atom. The molecule has 0 saturated carbocycles. The third-order valence-corrected chi connectivity index (χ3v) is 6.14. The van der Waals surface area contributed by atoms with E-state index in [0.717, 1.165) is 22.7 Å². The number of aryl methyl sites for hydroxylation is 1. The molecule has 10 heteroatoms. The highest BCUT2D eigenvalue weighted by Crippen LogP contribution is 2.14. The van der Waals surface area contributed by atoms with Gasteiger partial charge in [0.25, 0.3) is 0 Å². The van der Waals surface area contributed by atoms with Crippen molar-refractivity contribution in [1.82, 2.24) is 20.3 Å². The summed E-state index contributed by atoms with van der Waals surface area (Å²) in [4.78, 5) is 10.1. The van der Waals surface area contributed by atoms with Crippen LogP contribution in [0.5, 0.6) is 0 Å². The summed E-state index contributed by atoms with van der Waals surface area (Å²) in [6, 6.07) is 7.37. The van der Waals surface area contributed by atoms with E-state index in [9.17, 15) is 8.42 Å². The van der Waals surface area contributed by atoms with Gasteiger partial charge in [0, 0.05) is 23.7 Å². The van der Waals surface area contributed by atoms with Crippen LogP contribution in [0.2, 0.25) is 0 Å². The van der Waals surface area contributed by atoms with E-state index in [0.29, 0.717) is 19.0 Å². The third kappa shape index (κ3) is 9.41. The number of guanidine groups is 1. The highest BCUT2D eigenvalue weighted by molar-refractivity contribution is 14.0. The Morgan fingerprint density at radius 2 is 1.90 bits per heavy atom. The summed E-state index contributed by atoms with van der Waals surface area (Å²) >= 11 is 1.65. The molecule has 1 aromatic heterocycles. The molecule has 29 heavy (non-hydrogen) atoms. The van der Waals surface area contributed by atoms with Crippen LogP contribution < -0.4 is 15.4 Å². The third-order valence-electron chi connectivity index (χ3n) is 3.71. The zero-order valence-corrected chi connectivity index (χ0v) is 21.2. The zero-order valence-electron chi connectivity index (χ0n) is 17.2.